The number of rotatable bonds is 9. The Hall–Kier alpha value is -2.77. The molecule has 0 saturated carbocycles. The Balaban J connectivity index is 1.52. The zero-order valence-corrected chi connectivity index (χ0v) is 20.7. The van der Waals surface area contributed by atoms with E-state index in [1.807, 2.05) is 0 Å². The number of nitrogens with one attached hydrogen (secondary N) is 2. The Labute approximate surface area is 216 Å². The fraction of sp³-hybridized carbons (Fsp3) is 0.125. The summed E-state index contributed by atoms with van der Waals surface area (Å²) in [6.07, 6.45) is 1.35. The van der Waals surface area contributed by atoms with Crippen molar-refractivity contribution >= 4 is 70.1 Å². The molecular weight excluding hydrogens is 520 g/mol. The van der Waals surface area contributed by atoms with E-state index in [-0.39, 0.29) is 25.4 Å². The highest BCUT2D eigenvalue weighted by atomic mass is 35.5. The van der Waals surface area contributed by atoms with Gasteiger partial charge in [-0.15, -0.1) is 0 Å². The van der Waals surface area contributed by atoms with Crippen molar-refractivity contribution < 1.29 is 14.3 Å². The Morgan fingerprint density at radius 2 is 1.56 bits per heavy atom. The van der Waals surface area contributed by atoms with Gasteiger partial charge < -0.3 is 10.1 Å². The van der Waals surface area contributed by atoms with Crippen LogP contribution in [0.25, 0.3) is 0 Å². The molecule has 6 nitrogen and oxygen atoms in total. The number of ether oxygens (including phenoxy) is 1. The normalized spacial score (nSPS) is 10.8. The highest BCUT2D eigenvalue weighted by molar-refractivity contribution is 6.35. The van der Waals surface area contributed by atoms with Gasteiger partial charge in [-0.25, -0.2) is 5.43 Å². The second-order valence-corrected chi connectivity index (χ2v) is 8.77. The van der Waals surface area contributed by atoms with Gasteiger partial charge in [-0.1, -0.05) is 58.5 Å². The molecule has 0 atom stereocenters. The van der Waals surface area contributed by atoms with Crippen molar-refractivity contribution in [3.63, 3.8) is 0 Å². The lowest BCUT2D eigenvalue weighted by Crippen LogP contribution is -2.20. The molecular formula is C24H19Cl4N3O3. The van der Waals surface area contributed by atoms with Crippen LogP contribution >= 0.6 is 46.4 Å². The molecule has 34 heavy (non-hydrogen) atoms. The number of hydrogen-bond acceptors (Lipinski definition) is 4. The molecule has 176 valence electrons. The molecule has 3 rings (SSSR count). The molecule has 0 spiro atoms. The third-order valence-electron chi connectivity index (χ3n) is 4.45. The quantitative estimate of drug-likeness (QED) is 0.233. The number of hydrogen-bond donors (Lipinski definition) is 2. The topological polar surface area (TPSA) is 79.8 Å². The average Bonchev–Trinajstić information content (AvgIpc) is 2.78. The maximum absolute atomic E-state index is 12.1. The molecule has 0 aliphatic rings. The molecule has 2 N–H and O–H groups in total. The summed E-state index contributed by atoms with van der Waals surface area (Å²) in [4.78, 5) is 24.1. The summed E-state index contributed by atoms with van der Waals surface area (Å²) in [5.74, 6) is -0.239. The average molecular weight is 539 g/mol. The van der Waals surface area contributed by atoms with Crippen molar-refractivity contribution in [3.8, 4) is 5.75 Å². The van der Waals surface area contributed by atoms with E-state index < -0.39 is 5.91 Å². The van der Waals surface area contributed by atoms with E-state index in [1.165, 1.54) is 6.21 Å². The maximum atomic E-state index is 12.1. The first-order valence-electron chi connectivity index (χ1n) is 10.0. The fourth-order valence-electron chi connectivity index (χ4n) is 2.79. The van der Waals surface area contributed by atoms with Crippen LogP contribution in [0, 0.1) is 0 Å². The molecule has 3 aromatic carbocycles. The van der Waals surface area contributed by atoms with Gasteiger partial charge in [-0.05, 0) is 48.5 Å². The van der Waals surface area contributed by atoms with Gasteiger partial charge in [0.1, 0.15) is 12.4 Å². The minimum absolute atomic E-state index is 0.0127. The number of anilines is 1. The predicted octanol–water partition coefficient (Wildman–Crippen LogP) is 6.75. The maximum Gasteiger partial charge on any atom is 0.240 e. The second-order valence-electron chi connectivity index (χ2n) is 7.06. The van der Waals surface area contributed by atoms with Gasteiger partial charge in [0.15, 0.2) is 0 Å². The van der Waals surface area contributed by atoms with Crippen molar-refractivity contribution in [1.29, 1.82) is 0 Å². The van der Waals surface area contributed by atoms with E-state index in [0.717, 1.165) is 5.56 Å². The van der Waals surface area contributed by atoms with Gasteiger partial charge in [-0.3, -0.25) is 9.59 Å². The van der Waals surface area contributed by atoms with Crippen molar-refractivity contribution in [2.24, 2.45) is 5.10 Å². The highest BCUT2D eigenvalue weighted by Crippen LogP contribution is 2.25. The molecule has 0 fully saturated rings. The number of hydrazone groups is 1. The van der Waals surface area contributed by atoms with Gasteiger partial charge in [0.05, 0.1) is 6.21 Å². The van der Waals surface area contributed by atoms with Crippen LogP contribution in [-0.4, -0.2) is 18.0 Å². The summed E-state index contributed by atoms with van der Waals surface area (Å²) in [5, 5.41) is 8.63. The lowest BCUT2D eigenvalue weighted by Gasteiger charge is -2.11. The largest absolute Gasteiger partial charge is 0.488 e. The molecule has 10 heteroatoms. The van der Waals surface area contributed by atoms with E-state index >= 15 is 0 Å². The summed E-state index contributed by atoms with van der Waals surface area (Å²) in [7, 11) is 0. The smallest absolute Gasteiger partial charge is 0.240 e. The molecule has 0 aliphatic carbocycles. The van der Waals surface area contributed by atoms with Gasteiger partial charge in [0.2, 0.25) is 11.8 Å². The summed E-state index contributed by atoms with van der Waals surface area (Å²) in [6.45, 7) is 0.201. The Kier molecular flexibility index (Phi) is 9.60. The minimum Gasteiger partial charge on any atom is -0.488 e. The number of benzene rings is 3. The van der Waals surface area contributed by atoms with Crippen LogP contribution in [0.4, 0.5) is 5.69 Å². The fourth-order valence-corrected chi connectivity index (χ4v) is 3.63. The van der Waals surface area contributed by atoms with E-state index in [4.69, 9.17) is 51.1 Å². The van der Waals surface area contributed by atoms with Gasteiger partial charge >= 0.3 is 0 Å². The van der Waals surface area contributed by atoms with Gasteiger partial charge in [0, 0.05) is 49.7 Å². The standard InChI is InChI=1S/C24H19Cl4N3O3/c25-17-2-1-3-20(11-17)30-23(32)8-9-24(33)31-29-13-16-10-18(26)6-7-22(16)34-14-15-4-5-19(27)12-21(15)28/h1-7,10-13H,8-9,14H2,(H,30,32)(H,31,33). The molecule has 0 aromatic heterocycles. The van der Waals surface area contributed by atoms with Gasteiger partial charge in [0.25, 0.3) is 0 Å². The first-order valence-corrected chi connectivity index (χ1v) is 11.5. The second kappa shape index (κ2) is 12.6. The van der Waals surface area contributed by atoms with Crippen LogP contribution in [0.1, 0.15) is 24.0 Å². The number of carbonyl (C=O) groups excluding carboxylic acids is 2. The minimum atomic E-state index is -0.421. The van der Waals surface area contributed by atoms with Crippen LogP contribution in [0.5, 0.6) is 5.75 Å². The van der Waals surface area contributed by atoms with Crippen LogP contribution < -0.4 is 15.5 Å². The molecule has 0 aliphatic heterocycles. The summed E-state index contributed by atoms with van der Waals surface area (Å²) < 4.78 is 5.85. The molecule has 3 aromatic rings. The third kappa shape index (κ3) is 8.22. The molecule has 0 radical (unpaired) electrons. The lowest BCUT2D eigenvalue weighted by molar-refractivity contribution is -0.124. The molecule has 0 unspecified atom stereocenters. The van der Waals surface area contributed by atoms with E-state index in [1.54, 1.807) is 60.7 Å². The first kappa shape index (κ1) is 25.8. The monoisotopic (exact) mass is 537 g/mol. The van der Waals surface area contributed by atoms with Crippen LogP contribution in [0.15, 0.2) is 65.8 Å². The number of nitrogens with zero attached hydrogens (tertiary/aromatic N) is 1. The highest BCUT2D eigenvalue weighted by Gasteiger charge is 2.09. The molecule has 0 bridgehead atoms. The van der Waals surface area contributed by atoms with E-state index in [2.05, 4.69) is 15.8 Å². The summed E-state index contributed by atoms with van der Waals surface area (Å²) in [5.41, 5.74) is 4.26. The third-order valence-corrected chi connectivity index (χ3v) is 5.51. The summed E-state index contributed by atoms with van der Waals surface area (Å²) in [6, 6.07) is 16.9. The predicted molar refractivity (Wildman–Crippen MR) is 137 cm³/mol. The first-order chi connectivity index (χ1) is 16.3. The van der Waals surface area contributed by atoms with Crippen LogP contribution in [-0.2, 0) is 16.2 Å². The number of halogens is 4. The number of amides is 2. The van der Waals surface area contributed by atoms with E-state index in [9.17, 15) is 9.59 Å². The zero-order chi connectivity index (χ0) is 24.5. The molecule has 2 amide bonds. The number of carbonyl (C=O) groups is 2. The Bertz CT molecular complexity index is 1220. The van der Waals surface area contributed by atoms with Crippen molar-refractivity contribution in [3.05, 3.63) is 91.9 Å². The lowest BCUT2D eigenvalue weighted by atomic mass is 10.2. The van der Waals surface area contributed by atoms with Crippen molar-refractivity contribution in [1.82, 2.24) is 5.43 Å². The Morgan fingerprint density at radius 3 is 2.32 bits per heavy atom. The summed E-state index contributed by atoms with van der Waals surface area (Å²) >= 11 is 24.1. The SMILES string of the molecule is O=C(CCC(=O)Nc1cccc(Cl)c1)NN=Cc1cc(Cl)ccc1OCc1ccc(Cl)cc1Cl. The van der Waals surface area contributed by atoms with Crippen molar-refractivity contribution in [2.75, 3.05) is 5.32 Å². The zero-order valence-electron chi connectivity index (χ0n) is 17.7. The molecule has 0 heterocycles. The van der Waals surface area contributed by atoms with Crippen molar-refractivity contribution in [2.45, 2.75) is 19.4 Å². The molecule has 0 saturated heterocycles. The van der Waals surface area contributed by atoms with Crippen LogP contribution in [0.3, 0.4) is 0 Å². The van der Waals surface area contributed by atoms with E-state index in [0.29, 0.717) is 37.1 Å². The Morgan fingerprint density at radius 1 is 0.853 bits per heavy atom. The van der Waals surface area contributed by atoms with Crippen LogP contribution in [0.2, 0.25) is 20.1 Å². The van der Waals surface area contributed by atoms with Gasteiger partial charge in [-0.2, -0.15) is 5.10 Å².